The first-order valence-electron chi connectivity index (χ1n) is 5.07. The van der Waals surface area contributed by atoms with Crippen LogP contribution in [0.1, 0.15) is 25.3 Å². The van der Waals surface area contributed by atoms with Crippen LogP contribution in [0.2, 0.25) is 0 Å². The third-order valence-corrected chi connectivity index (χ3v) is 2.43. The van der Waals surface area contributed by atoms with Crippen molar-refractivity contribution in [1.82, 2.24) is 0 Å². The van der Waals surface area contributed by atoms with Crippen molar-refractivity contribution in [2.45, 2.75) is 19.8 Å². The predicted molar refractivity (Wildman–Crippen MR) is 64.1 cm³/mol. The van der Waals surface area contributed by atoms with Gasteiger partial charge in [0.05, 0.1) is 0 Å². The highest BCUT2D eigenvalue weighted by atomic mass is 16.2. The number of carbonyl (C=O) groups excluding carboxylic acids is 1. The van der Waals surface area contributed by atoms with Crippen molar-refractivity contribution in [3.8, 4) is 0 Å². The molecule has 0 heterocycles. The van der Waals surface area contributed by atoms with Gasteiger partial charge in [-0.25, -0.2) is 0 Å². The first-order valence-corrected chi connectivity index (χ1v) is 5.07. The zero-order chi connectivity index (χ0) is 11.4. The Morgan fingerprint density at radius 3 is 2.53 bits per heavy atom. The topological polar surface area (TPSA) is 20.3 Å². The summed E-state index contributed by atoms with van der Waals surface area (Å²) >= 11 is 0. The van der Waals surface area contributed by atoms with E-state index in [1.54, 1.807) is 11.9 Å². The van der Waals surface area contributed by atoms with Crippen LogP contribution < -0.4 is 4.90 Å². The molecule has 0 N–H and O–H groups in total. The van der Waals surface area contributed by atoms with Crippen LogP contribution in [-0.4, -0.2) is 13.0 Å². The summed E-state index contributed by atoms with van der Waals surface area (Å²) in [5, 5.41) is 0. The van der Waals surface area contributed by atoms with Gasteiger partial charge in [0.1, 0.15) is 0 Å². The van der Waals surface area contributed by atoms with E-state index in [-0.39, 0.29) is 5.91 Å². The highest BCUT2D eigenvalue weighted by Gasteiger charge is 2.12. The number of anilines is 1. The molecule has 0 aromatic heterocycles. The molecule has 0 aliphatic carbocycles. The van der Waals surface area contributed by atoms with Crippen LogP contribution in [0.25, 0.3) is 0 Å². The van der Waals surface area contributed by atoms with Gasteiger partial charge in [-0.3, -0.25) is 4.79 Å². The predicted octanol–water partition coefficient (Wildman–Crippen LogP) is 2.96. The van der Waals surface area contributed by atoms with Crippen molar-refractivity contribution in [1.29, 1.82) is 0 Å². The third-order valence-electron chi connectivity index (χ3n) is 2.43. The maximum atomic E-state index is 11.5. The van der Waals surface area contributed by atoms with Crippen molar-refractivity contribution in [2.75, 3.05) is 11.9 Å². The van der Waals surface area contributed by atoms with Crippen LogP contribution in [0.15, 0.2) is 36.9 Å². The fourth-order valence-corrected chi connectivity index (χ4v) is 1.54. The van der Waals surface area contributed by atoms with Gasteiger partial charge in [-0.15, -0.1) is 0 Å². The maximum absolute atomic E-state index is 11.5. The molecule has 1 aromatic rings. The van der Waals surface area contributed by atoms with Crippen LogP contribution in [-0.2, 0) is 4.79 Å². The van der Waals surface area contributed by atoms with Gasteiger partial charge in [-0.1, -0.05) is 38.6 Å². The van der Waals surface area contributed by atoms with Crippen LogP contribution >= 0.6 is 0 Å². The number of para-hydroxylation sites is 1. The van der Waals surface area contributed by atoms with Gasteiger partial charge >= 0.3 is 0 Å². The molecule has 0 atom stereocenters. The molecule has 0 fully saturated rings. The van der Waals surface area contributed by atoms with Gasteiger partial charge < -0.3 is 4.90 Å². The number of hydrogen-bond donors (Lipinski definition) is 0. The summed E-state index contributed by atoms with van der Waals surface area (Å²) in [5.41, 5.74) is 2.13. The molecule has 1 amide bonds. The van der Waals surface area contributed by atoms with Gasteiger partial charge in [0.15, 0.2) is 0 Å². The summed E-state index contributed by atoms with van der Waals surface area (Å²) in [6.45, 7) is 7.72. The zero-order valence-electron chi connectivity index (χ0n) is 9.53. The van der Waals surface area contributed by atoms with Gasteiger partial charge in [-0.2, -0.15) is 0 Å². The van der Waals surface area contributed by atoms with E-state index >= 15 is 0 Å². The van der Waals surface area contributed by atoms with Crippen molar-refractivity contribution in [3.63, 3.8) is 0 Å². The number of hydrogen-bond acceptors (Lipinski definition) is 1. The Morgan fingerprint density at radius 2 is 2.00 bits per heavy atom. The lowest BCUT2D eigenvalue weighted by atomic mass is 10.0. The molecular weight excluding hydrogens is 186 g/mol. The molecule has 2 nitrogen and oxygen atoms in total. The molecule has 1 rings (SSSR count). The summed E-state index contributed by atoms with van der Waals surface area (Å²) in [6, 6.07) is 7.93. The number of carbonyl (C=O) groups is 1. The smallest absolute Gasteiger partial charge is 0.250 e. The molecule has 0 radical (unpaired) electrons. The second kappa shape index (κ2) is 4.78. The fraction of sp³-hybridized carbons (Fsp3) is 0.308. The summed E-state index contributed by atoms with van der Waals surface area (Å²) in [6.07, 6.45) is 1.33. The molecule has 0 aliphatic heterocycles. The highest BCUT2D eigenvalue weighted by molar-refractivity contribution is 6.01. The monoisotopic (exact) mass is 203 g/mol. The summed E-state index contributed by atoms with van der Waals surface area (Å²) in [4.78, 5) is 13.1. The SMILES string of the molecule is C=CC(=O)N(C)c1ccccc1C(C)C. The van der Waals surface area contributed by atoms with Crippen molar-refractivity contribution < 1.29 is 4.79 Å². The average molecular weight is 203 g/mol. The first kappa shape index (κ1) is 11.5. The molecule has 1 aromatic carbocycles. The normalized spacial score (nSPS) is 10.1. The minimum Gasteiger partial charge on any atom is -0.312 e. The standard InChI is InChI=1S/C13H17NO/c1-5-13(15)14(4)12-9-7-6-8-11(12)10(2)3/h5-10H,1H2,2-4H3. The number of amides is 1. The molecule has 0 saturated heterocycles. The minimum atomic E-state index is -0.0805. The van der Waals surface area contributed by atoms with Crippen LogP contribution in [0.4, 0.5) is 5.69 Å². The van der Waals surface area contributed by atoms with E-state index in [0.29, 0.717) is 5.92 Å². The highest BCUT2D eigenvalue weighted by Crippen LogP contribution is 2.26. The van der Waals surface area contributed by atoms with Gasteiger partial charge in [-0.05, 0) is 23.6 Å². The van der Waals surface area contributed by atoms with Crippen LogP contribution in [0, 0.1) is 0 Å². The lowest BCUT2D eigenvalue weighted by Gasteiger charge is -2.20. The molecule has 2 heteroatoms. The summed E-state index contributed by atoms with van der Waals surface area (Å²) < 4.78 is 0. The number of likely N-dealkylation sites (N-methyl/N-ethyl adjacent to an activating group) is 1. The largest absolute Gasteiger partial charge is 0.312 e. The molecular formula is C13H17NO. The quantitative estimate of drug-likeness (QED) is 0.692. The van der Waals surface area contributed by atoms with Crippen LogP contribution in [0.5, 0.6) is 0 Å². The Balaban J connectivity index is 3.12. The zero-order valence-corrected chi connectivity index (χ0v) is 9.53. The Hall–Kier alpha value is -1.57. The fourth-order valence-electron chi connectivity index (χ4n) is 1.54. The van der Waals surface area contributed by atoms with Gasteiger partial charge in [0.25, 0.3) is 0 Å². The average Bonchev–Trinajstić information content (AvgIpc) is 2.27. The molecule has 80 valence electrons. The van der Waals surface area contributed by atoms with E-state index in [1.807, 2.05) is 24.3 Å². The van der Waals surface area contributed by atoms with E-state index in [2.05, 4.69) is 20.4 Å². The molecule has 0 saturated carbocycles. The minimum absolute atomic E-state index is 0.0805. The summed E-state index contributed by atoms with van der Waals surface area (Å²) in [7, 11) is 1.77. The van der Waals surface area contributed by atoms with E-state index < -0.39 is 0 Å². The Morgan fingerprint density at radius 1 is 1.40 bits per heavy atom. The molecule has 15 heavy (non-hydrogen) atoms. The second-order valence-corrected chi connectivity index (χ2v) is 3.81. The number of nitrogens with zero attached hydrogens (tertiary/aromatic N) is 1. The van der Waals surface area contributed by atoms with Gasteiger partial charge in [0.2, 0.25) is 5.91 Å². The van der Waals surface area contributed by atoms with Gasteiger partial charge in [0, 0.05) is 12.7 Å². The third kappa shape index (κ3) is 2.46. The van der Waals surface area contributed by atoms with Crippen molar-refractivity contribution in [2.24, 2.45) is 0 Å². The molecule has 0 unspecified atom stereocenters. The number of benzene rings is 1. The van der Waals surface area contributed by atoms with E-state index in [9.17, 15) is 4.79 Å². The van der Waals surface area contributed by atoms with E-state index in [0.717, 1.165) is 5.69 Å². The Bertz CT molecular complexity index is 369. The Kier molecular flexibility index (Phi) is 3.67. The van der Waals surface area contributed by atoms with Crippen molar-refractivity contribution in [3.05, 3.63) is 42.5 Å². The van der Waals surface area contributed by atoms with E-state index in [4.69, 9.17) is 0 Å². The summed E-state index contributed by atoms with van der Waals surface area (Å²) in [5.74, 6) is 0.323. The molecule has 0 bridgehead atoms. The second-order valence-electron chi connectivity index (χ2n) is 3.81. The maximum Gasteiger partial charge on any atom is 0.250 e. The van der Waals surface area contributed by atoms with E-state index in [1.165, 1.54) is 11.6 Å². The van der Waals surface area contributed by atoms with Crippen molar-refractivity contribution >= 4 is 11.6 Å². The molecule has 0 aliphatic rings. The lowest BCUT2D eigenvalue weighted by molar-refractivity contribution is -0.113. The number of rotatable bonds is 3. The first-order chi connectivity index (χ1) is 7.07. The van der Waals surface area contributed by atoms with Crippen LogP contribution in [0.3, 0.4) is 0 Å². The Labute approximate surface area is 91.2 Å². The molecule has 0 spiro atoms. The lowest BCUT2D eigenvalue weighted by Crippen LogP contribution is -2.25.